The Morgan fingerprint density at radius 2 is 1.88 bits per heavy atom. The standard InChI is InChI=1S/C21H27N3O2/c1-15-19(16(2)26-22-15)14-24-11-9-21(10-12-24)13-18(20(25)23(21)3)17-7-5-4-6-8-17/h4-8,18H,9-14H2,1-3H3/t18-/m1/s1. The second kappa shape index (κ2) is 6.54. The van der Waals surface area contributed by atoms with Gasteiger partial charge in [-0.1, -0.05) is 35.5 Å². The number of carbonyl (C=O) groups excluding carboxylic acids is 1. The van der Waals surface area contributed by atoms with Crippen molar-refractivity contribution in [1.82, 2.24) is 15.0 Å². The van der Waals surface area contributed by atoms with Crippen LogP contribution in [0.4, 0.5) is 0 Å². The van der Waals surface area contributed by atoms with E-state index < -0.39 is 0 Å². The lowest BCUT2D eigenvalue weighted by molar-refractivity contribution is -0.131. The van der Waals surface area contributed by atoms with Crippen LogP contribution in [0.15, 0.2) is 34.9 Å². The first-order valence-corrected chi connectivity index (χ1v) is 9.47. The zero-order valence-electron chi connectivity index (χ0n) is 15.9. The Morgan fingerprint density at radius 1 is 1.19 bits per heavy atom. The summed E-state index contributed by atoms with van der Waals surface area (Å²) in [5.74, 6) is 1.20. The van der Waals surface area contributed by atoms with Gasteiger partial charge in [0.15, 0.2) is 0 Å². The summed E-state index contributed by atoms with van der Waals surface area (Å²) in [4.78, 5) is 17.4. The second-order valence-electron chi connectivity index (χ2n) is 7.87. The van der Waals surface area contributed by atoms with Crippen LogP contribution < -0.4 is 0 Å². The Balaban J connectivity index is 1.46. The maximum atomic E-state index is 12.9. The SMILES string of the molecule is Cc1noc(C)c1CN1CCC2(CC1)C[C@H](c1ccccc1)C(=O)N2C. The molecule has 0 bridgehead atoms. The predicted molar refractivity (Wildman–Crippen MR) is 99.8 cm³/mol. The third kappa shape index (κ3) is 2.84. The van der Waals surface area contributed by atoms with Gasteiger partial charge in [-0.3, -0.25) is 9.69 Å². The van der Waals surface area contributed by atoms with Gasteiger partial charge in [-0.15, -0.1) is 0 Å². The largest absolute Gasteiger partial charge is 0.361 e. The van der Waals surface area contributed by atoms with Crippen molar-refractivity contribution in [2.45, 2.75) is 51.1 Å². The predicted octanol–water partition coefficient (Wildman–Crippen LogP) is 3.27. The lowest BCUT2D eigenvalue weighted by Crippen LogP contribution is -2.51. The van der Waals surface area contributed by atoms with Gasteiger partial charge in [0.1, 0.15) is 5.76 Å². The molecular formula is C21H27N3O2. The summed E-state index contributed by atoms with van der Waals surface area (Å²) in [7, 11) is 2.00. The molecule has 0 aliphatic carbocycles. The summed E-state index contributed by atoms with van der Waals surface area (Å²) in [5, 5.41) is 4.06. The monoisotopic (exact) mass is 353 g/mol. The highest BCUT2D eigenvalue weighted by Gasteiger charge is 2.50. The van der Waals surface area contributed by atoms with E-state index in [0.29, 0.717) is 0 Å². The van der Waals surface area contributed by atoms with Gasteiger partial charge in [0.2, 0.25) is 5.91 Å². The fraction of sp³-hybridized carbons (Fsp3) is 0.524. The maximum Gasteiger partial charge on any atom is 0.230 e. The molecule has 3 heterocycles. The highest BCUT2D eigenvalue weighted by Crippen LogP contribution is 2.45. The van der Waals surface area contributed by atoms with Crippen LogP contribution in [-0.4, -0.2) is 46.5 Å². The normalized spacial score (nSPS) is 23.1. The molecule has 1 aromatic carbocycles. The smallest absolute Gasteiger partial charge is 0.230 e. The molecule has 138 valence electrons. The molecule has 2 saturated heterocycles. The Kier molecular flexibility index (Phi) is 4.35. The van der Waals surface area contributed by atoms with Crippen molar-refractivity contribution in [2.75, 3.05) is 20.1 Å². The molecule has 5 heteroatoms. The number of likely N-dealkylation sites (N-methyl/N-ethyl adjacent to an activating group) is 1. The van der Waals surface area contributed by atoms with Crippen molar-refractivity contribution >= 4 is 5.91 Å². The molecule has 5 nitrogen and oxygen atoms in total. The Labute approximate surface area is 155 Å². The van der Waals surface area contributed by atoms with Crippen LogP contribution in [0.1, 0.15) is 47.8 Å². The van der Waals surface area contributed by atoms with Gasteiger partial charge in [0.05, 0.1) is 11.6 Å². The first kappa shape index (κ1) is 17.3. The molecule has 0 radical (unpaired) electrons. The molecule has 0 unspecified atom stereocenters. The van der Waals surface area contributed by atoms with Crippen molar-refractivity contribution in [3.63, 3.8) is 0 Å². The van der Waals surface area contributed by atoms with Crippen molar-refractivity contribution < 1.29 is 9.32 Å². The molecule has 4 rings (SSSR count). The summed E-state index contributed by atoms with van der Waals surface area (Å²) < 4.78 is 5.29. The minimum absolute atomic E-state index is 0.00677. The van der Waals surface area contributed by atoms with Crippen LogP contribution in [0.25, 0.3) is 0 Å². The van der Waals surface area contributed by atoms with Gasteiger partial charge in [0, 0.05) is 37.8 Å². The van der Waals surface area contributed by atoms with Crippen LogP contribution >= 0.6 is 0 Å². The van der Waals surface area contributed by atoms with E-state index in [0.717, 1.165) is 55.9 Å². The molecule has 0 saturated carbocycles. The molecule has 2 aromatic rings. The summed E-state index contributed by atoms with van der Waals surface area (Å²) >= 11 is 0. The Morgan fingerprint density at radius 3 is 2.50 bits per heavy atom. The lowest BCUT2D eigenvalue weighted by atomic mass is 9.81. The summed E-state index contributed by atoms with van der Waals surface area (Å²) in [5.41, 5.74) is 3.35. The topological polar surface area (TPSA) is 49.6 Å². The highest BCUT2D eigenvalue weighted by atomic mass is 16.5. The number of hydrogen-bond donors (Lipinski definition) is 0. The Hall–Kier alpha value is -2.14. The molecular weight excluding hydrogens is 326 g/mol. The van der Waals surface area contributed by atoms with E-state index in [1.165, 1.54) is 5.56 Å². The van der Waals surface area contributed by atoms with Crippen LogP contribution in [0.5, 0.6) is 0 Å². The minimum atomic E-state index is 0.00677. The lowest BCUT2D eigenvalue weighted by Gasteiger charge is -2.43. The van der Waals surface area contributed by atoms with Gasteiger partial charge in [0.25, 0.3) is 0 Å². The van der Waals surface area contributed by atoms with Crippen molar-refractivity contribution in [3.05, 3.63) is 52.9 Å². The van der Waals surface area contributed by atoms with Crippen molar-refractivity contribution in [2.24, 2.45) is 0 Å². The van der Waals surface area contributed by atoms with Crippen molar-refractivity contribution in [1.29, 1.82) is 0 Å². The third-order valence-corrected chi connectivity index (χ3v) is 6.48. The van der Waals surface area contributed by atoms with Crippen molar-refractivity contribution in [3.8, 4) is 0 Å². The number of aromatic nitrogens is 1. The van der Waals surface area contributed by atoms with Gasteiger partial charge in [-0.2, -0.15) is 0 Å². The molecule has 2 aliphatic heterocycles. The first-order valence-electron chi connectivity index (χ1n) is 9.47. The average molecular weight is 353 g/mol. The summed E-state index contributed by atoms with van der Waals surface area (Å²) in [6.45, 7) is 6.88. The Bertz CT molecular complexity index is 771. The average Bonchev–Trinajstić information content (AvgIpc) is 3.10. The third-order valence-electron chi connectivity index (χ3n) is 6.48. The number of likely N-dealkylation sites (tertiary alicyclic amines) is 2. The number of carbonyl (C=O) groups is 1. The number of hydrogen-bond acceptors (Lipinski definition) is 4. The quantitative estimate of drug-likeness (QED) is 0.850. The zero-order valence-corrected chi connectivity index (χ0v) is 15.9. The zero-order chi connectivity index (χ0) is 18.3. The summed E-state index contributed by atoms with van der Waals surface area (Å²) in [6, 6.07) is 10.2. The van der Waals surface area contributed by atoms with E-state index in [1.54, 1.807) is 0 Å². The fourth-order valence-electron chi connectivity index (χ4n) is 4.64. The summed E-state index contributed by atoms with van der Waals surface area (Å²) in [6.07, 6.45) is 3.00. The van der Waals surface area contributed by atoms with E-state index in [-0.39, 0.29) is 17.4 Å². The molecule has 1 aromatic heterocycles. The van der Waals surface area contributed by atoms with Gasteiger partial charge < -0.3 is 9.42 Å². The minimum Gasteiger partial charge on any atom is -0.361 e. The van der Waals surface area contributed by atoms with Gasteiger partial charge in [-0.05, 0) is 38.7 Å². The number of piperidine rings is 1. The van der Waals surface area contributed by atoms with Crippen LogP contribution in [0, 0.1) is 13.8 Å². The number of rotatable bonds is 3. The van der Waals surface area contributed by atoms with Crippen LogP contribution in [0.2, 0.25) is 0 Å². The number of aryl methyl sites for hydroxylation is 2. The maximum absolute atomic E-state index is 12.9. The van der Waals surface area contributed by atoms with E-state index in [2.05, 4.69) is 22.2 Å². The van der Waals surface area contributed by atoms with Crippen LogP contribution in [-0.2, 0) is 11.3 Å². The van der Waals surface area contributed by atoms with E-state index >= 15 is 0 Å². The molecule has 26 heavy (non-hydrogen) atoms. The van der Waals surface area contributed by atoms with Crippen LogP contribution in [0.3, 0.4) is 0 Å². The number of nitrogens with zero attached hydrogens (tertiary/aromatic N) is 3. The van der Waals surface area contributed by atoms with E-state index in [4.69, 9.17) is 4.52 Å². The van der Waals surface area contributed by atoms with Gasteiger partial charge in [-0.25, -0.2) is 0 Å². The molecule has 1 atom stereocenters. The van der Waals surface area contributed by atoms with E-state index in [9.17, 15) is 4.79 Å². The highest BCUT2D eigenvalue weighted by molar-refractivity contribution is 5.87. The molecule has 2 aliphatic rings. The van der Waals surface area contributed by atoms with E-state index in [1.807, 2.05) is 44.0 Å². The molecule has 1 spiro atoms. The molecule has 0 N–H and O–H groups in total. The fourth-order valence-corrected chi connectivity index (χ4v) is 4.64. The number of benzene rings is 1. The van der Waals surface area contributed by atoms with Gasteiger partial charge >= 0.3 is 0 Å². The first-order chi connectivity index (χ1) is 12.5. The molecule has 2 fully saturated rings. The molecule has 1 amide bonds. The second-order valence-corrected chi connectivity index (χ2v) is 7.87. The number of amides is 1.